The van der Waals surface area contributed by atoms with Crippen molar-refractivity contribution in [3.05, 3.63) is 29.3 Å². The first-order chi connectivity index (χ1) is 7.44. The molecule has 0 aliphatic carbocycles. The zero-order valence-electron chi connectivity index (χ0n) is 10.9. The maximum atomic E-state index is 5.71. The van der Waals surface area contributed by atoms with Crippen molar-refractivity contribution in [2.75, 3.05) is 18.4 Å². The largest absolute Gasteiger partial charge is 0.385 e. The van der Waals surface area contributed by atoms with Crippen LogP contribution in [0.2, 0.25) is 0 Å². The molecule has 16 heavy (non-hydrogen) atoms. The highest BCUT2D eigenvalue weighted by Gasteiger charge is 2.14. The summed E-state index contributed by atoms with van der Waals surface area (Å²) in [4.78, 5) is 0. The van der Waals surface area contributed by atoms with Gasteiger partial charge in [0, 0.05) is 12.2 Å². The Kier molecular flexibility index (Phi) is 4.36. The maximum Gasteiger partial charge on any atom is 0.0372 e. The van der Waals surface area contributed by atoms with E-state index in [0.717, 1.165) is 19.5 Å². The molecule has 0 atom stereocenters. The molecule has 1 rings (SSSR count). The van der Waals surface area contributed by atoms with E-state index < -0.39 is 0 Å². The third-order valence-electron chi connectivity index (χ3n) is 3.06. The van der Waals surface area contributed by atoms with Gasteiger partial charge in [0.15, 0.2) is 0 Å². The van der Waals surface area contributed by atoms with Crippen LogP contribution in [-0.2, 0) is 0 Å². The molecular weight excluding hydrogens is 196 g/mol. The third kappa shape index (κ3) is 3.86. The van der Waals surface area contributed by atoms with Crippen LogP contribution in [0.1, 0.15) is 31.4 Å². The van der Waals surface area contributed by atoms with Crippen molar-refractivity contribution in [1.82, 2.24) is 0 Å². The van der Waals surface area contributed by atoms with Crippen LogP contribution in [0.5, 0.6) is 0 Å². The Morgan fingerprint density at radius 2 is 1.94 bits per heavy atom. The van der Waals surface area contributed by atoms with Crippen LogP contribution >= 0.6 is 0 Å². The second-order valence-electron chi connectivity index (χ2n) is 5.36. The molecular formula is C14H24N2. The molecule has 2 heteroatoms. The summed E-state index contributed by atoms with van der Waals surface area (Å²) in [5.41, 5.74) is 9.78. The Morgan fingerprint density at radius 3 is 2.56 bits per heavy atom. The van der Waals surface area contributed by atoms with Gasteiger partial charge < -0.3 is 11.1 Å². The summed E-state index contributed by atoms with van der Waals surface area (Å²) in [5, 5.41) is 3.49. The molecule has 1 aromatic rings. The van der Waals surface area contributed by atoms with E-state index in [4.69, 9.17) is 5.73 Å². The summed E-state index contributed by atoms with van der Waals surface area (Å²) in [6.45, 7) is 10.4. The molecule has 3 N–H and O–H groups in total. The first-order valence-electron chi connectivity index (χ1n) is 5.96. The monoisotopic (exact) mass is 220 g/mol. The van der Waals surface area contributed by atoms with Gasteiger partial charge in [-0.1, -0.05) is 26.0 Å². The molecule has 0 fully saturated rings. The Balaban J connectivity index is 2.52. The van der Waals surface area contributed by atoms with Gasteiger partial charge in [-0.2, -0.15) is 0 Å². The number of hydrogen-bond acceptors (Lipinski definition) is 2. The zero-order valence-corrected chi connectivity index (χ0v) is 10.9. The SMILES string of the molecule is Cc1ccc(C)c(NCCC(C)(C)CN)c1. The van der Waals surface area contributed by atoms with Gasteiger partial charge in [0.2, 0.25) is 0 Å². The average Bonchev–Trinajstić information content (AvgIpc) is 2.23. The molecule has 2 nitrogen and oxygen atoms in total. The number of hydrogen-bond donors (Lipinski definition) is 2. The summed E-state index contributed by atoms with van der Waals surface area (Å²) < 4.78 is 0. The van der Waals surface area contributed by atoms with Crippen LogP contribution in [0.4, 0.5) is 5.69 Å². The van der Waals surface area contributed by atoms with E-state index in [1.165, 1.54) is 16.8 Å². The van der Waals surface area contributed by atoms with Crippen LogP contribution < -0.4 is 11.1 Å². The normalized spacial score (nSPS) is 11.6. The highest BCUT2D eigenvalue weighted by Crippen LogP contribution is 2.20. The summed E-state index contributed by atoms with van der Waals surface area (Å²) in [5.74, 6) is 0. The number of anilines is 1. The molecule has 1 aromatic carbocycles. The van der Waals surface area contributed by atoms with E-state index in [9.17, 15) is 0 Å². The van der Waals surface area contributed by atoms with Gasteiger partial charge in [-0.3, -0.25) is 0 Å². The van der Waals surface area contributed by atoms with E-state index in [2.05, 4.69) is 51.2 Å². The molecule has 0 heterocycles. The van der Waals surface area contributed by atoms with Crippen molar-refractivity contribution in [3.8, 4) is 0 Å². The fraction of sp³-hybridized carbons (Fsp3) is 0.571. The Labute approximate surface area is 99.2 Å². The summed E-state index contributed by atoms with van der Waals surface area (Å²) in [7, 11) is 0. The first-order valence-corrected chi connectivity index (χ1v) is 5.96. The lowest BCUT2D eigenvalue weighted by Crippen LogP contribution is -2.26. The molecule has 0 saturated heterocycles. The van der Waals surface area contributed by atoms with Crippen molar-refractivity contribution < 1.29 is 0 Å². The number of aryl methyl sites for hydroxylation is 2. The van der Waals surface area contributed by atoms with Gasteiger partial charge in [-0.15, -0.1) is 0 Å². The smallest absolute Gasteiger partial charge is 0.0372 e. The summed E-state index contributed by atoms with van der Waals surface area (Å²) >= 11 is 0. The second-order valence-corrected chi connectivity index (χ2v) is 5.36. The second kappa shape index (κ2) is 5.35. The molecule has 0 bridgehead atoms. The number of rotatable bonds is 5. The van der Waals surface area contributed by atoms with Crippen LogP contribution in [0.25, 0.3) is 0 Å². The van der Waals surface area contributed by atoms with E-state index in [1.807, 2.05) is 0 Å². The predicted molar refractivity (Wildman–Crippen MR) is 71.9 cm³/mol. The molecule has 0 aliphatic heterocycles. The standard InChI is InChI=1S/C14H24N2/c1-11-5-6-12(2)13(9-11)16-8-7-14(3,4)10-15/h5-6,9,16H,7-8,10,15H2,1-4H3. The van der Waals surface area contributed by atoms with E-state index in [1.54, 1.807) is 0 Å². The fourth-order valence-corrected chi connectivity index (χ4v) is 1.56. The minimum absolute atomic E-state index is 0.227. The third-order valence-corrected chi connectivity index (χ3v) is 3.06. The predicted octanol–water partition coefficient (Wildman–Crippen LogP) is 3.09. The Bertz CT molecular complexity index is 343. The average molecular weight is 220 g/mol. The molecule has 0 aliphatic rings. The van der Waals surface area contributed by atoms with Crippen molar-refractivity contribution in [1.29, 1.82) is 0 Å². The van der Waals surface area contributed by atoms with Gasteiger partial charge in [-0.25, -0.2) is 0 Å². The topological polar surface area (TPSA) is 38.0 Å². The Morgan fingerprint density at radius 1 is 1.25 bits per heavy atom. The minimum atomic E-state index is 0.227. The summed E-state index contributed by atoms with van der Waals surface area (Å²) in [6, 6.07) is 6.50. The van der Waals surface area contributed by atoms with Gasteiger partial charge in [-0.05, 0) is 49.4 Å². The molecule has 0 saturated carbocycles. The van der Waals surface area contributed by atoms with Gasteiger partial charge in [0.05, 0.1) is 0 Å². The van der Waals surface area contributed by atoms with Crippen LogP contribution in [-0.4, -0.2) is 13.1 Å². The number of nitrogens with two attached hydrogens (primary N) is 1. The van der Waals surface area contributed by atoms with Crippen molar-refractivity contribution in [3.63, 3.8) is 0 Å². The van der Waals surface area contributed by atoms with E-state index >= 15 is 0 Å². The molecule has 90 valence electrons. The molecule has 0 unspecified atom stereocenters. The molecule has 0 spiro atoms. The van der Waals surface area contributed by atoms with Crippen molar-refractivity contribution >= 4 is 5.69 Å². The highest BCUT2D eigenvalue weighted by atomic mass is 14.9. The number of nitrogens with one attached hydrogen (secondary N) is 1. The molecule has 0 aromatic heterocycles. The van der Waals surface area contributed by atoms with Crippen LogP contribution in [0, 0.1) is 19.3 Å². The van der Waals surface area contributed by atoms with Crippen molar-refractivity contribution in [2.45, 2.75) is 34.1 Å². The first kappa shape index (κ1) is 13.0. The van der Waals surface area contributed by atoms with Crippen molar-refractivity contribution in [2.24, 2.45) is 11.1 Å². The lowest BCUT2D eigenvalue weighted by atomic mass is 9.89. The minimum Gasteiger partial charge on any atom is -0.385 e. The Hall–Kier alpha value is -1.02. The van der Waals surface area contributed by atoms with Gasteiger partial charge >= 0.3 is 0 Å². The quantitative estimate of drug-likeness (QED) is 0.800. The fourth-order valence-electron chi connectivity index (χ4n) is 1.56. The molecule has 0 amide bonds. The lowest BCUT2D eigenvalue weighted by molar-refractivity contribution is 0.358. The van der Waals surface area contributed by atoms with Gasteiger partial charge in [0.1, 0.15) is 0 Å². The lowest BCUT2D eigenvalue weighted by Gasteiger charge is -2.23. The van der Waals surface area contributed by atoms with Gasteiger partial charge in [0.25, 0.3) is 0 Å². The summed E-state index contributed by atoms with van der Waals surface area (Å²) in [6.07, 6.45) is 1.09. The zero-order chi connectivity index (χ0) is 12.2. The molecule has 0 radical (unpaired) electrons. The number of benzene rings is 1. The van der Waals surface area contributed by atoms with E-state index in [0.29, 0.717) is 0 Å². The maximum absolute atomic E-state index is 5.71. The van der Waals surface area contributed by atoms with Crippen LogP contribution in [0.3, 0.4) is 0 Å². The van der Waals surface area contributed by atoms with Crippen LogP contribution in [0.15, 0.2) is 18.2 Å². The van der Waals surface area contributed by atoms with E-state index in [-0.39, 0.29) is 5.41 Å². The highest BCUT2D eigenvalue weighted by molar-refractivity contribution is 5.52.